The second-order valence-corrected chi connectivity index (χ2v) is 3.93. The summed E-state index contributed by atoms with van der Waals surface area (Å²) in [4.78, 5) is 0. The van der Waals surface area contributed by atoms with E-state index in [0.717, 1.165) is 12.1 Å². The van der Waals surface area contributed by atoms with Gasteiger partial charge in [0.05, 0.1) is 11.8 Å². The number of anilines is 1. The van der Waals surface area contributed by atoms with Gasteiger partial charge in [-0.25, -0.2) is 14.2 Å². The predicted molar refractivity (Wildman–Crippen MR) is 69.5 cm³/mol. The van der Waals surface area contributed by atoms with E-state index in [0.29, 0.717) is 5.76 Å². The van der Waals surface area contributed by atoms with Crippen LogP contribution in [0.25, 0.3) is 11.3 Å². The van der Waals surface area contributed by atoms with Crippen LogP contribution in [0.3, 0.4) is 0 Å². The van der Waals surface area contributed by atoms with Crippen LogP contribution < -0.4 is 5.43 Å². The van der Waals surface area contributed by atoms with Gasteiger partial charge in [0.25, 0.3) is 5.95 Å². The number of hydrogen-bond donors (Lipinski definition) is 2. The zero-order chi connectivity index (χ0) is 14.7. The summed E-state index contributed by atoms with van der Waals surface area (Å²) < 4.78 is 31.9. The standard InChI is InChI=1S/C12H8F2N6O/c13-7-1-3-9(10(14)5-7)11-4-2-8(21-11)6-15-16-12-17-19-20-18-12/h1-6H,(H2,16,17,18,19,20)/b15-6-. The molecule has 2 aromatic heterocycles. The maximum Gasteiger partial charge on any atom is 0.283 e. The first-order valence-corrected chi connectivity index (χ1v) is 5.80. The van der Waals surface area contributed by atoms with Gasteiger partial charge >= 0.3 is 0 Å². The van der Waals surface area contributed by atoms with Crippen molar-refractivity contribution in [1.29, 1.82) is 0 Å². The monoisotopic (exact) mass is 290 g/mol. The zero-order valence-electron chi connectivity index (χ0n) is 10.4. The van der Waals surface area contributed by atoms with E-state index in [2.05, 4.69) is 31.2 Å². The van der Waals surface area contributed by atoms with Crippen molar-refractivity contribution in [3.8, 4) is 11.3 Å². The number of rotatable bonds is 4. The van der Waals surface area contributed by atoms with Crippen molar-refractivity contribution in [3.05, 3.63) is 47.7 Å². The highest BCUT2D eigenvalue weighted by molar-refractivity contribution is 5.77. The van der Waals surface area contributed by atoms with Gasteiger partial charge in [-0.15, -0.1) is 5.10 Å². The quantitative estimate of drug-likeness (QED) is 0.567. The van der Waals surface area contributed by atoms with Crippen LogP contribution in [0.4, 0.5) is 14.7 Å². The fourth-order valence-corrected chi connectivity index (χ4v) is 1.62. The van der Waals surface area contributed by atoms with Crippen molar-refractivity contribution in [2.45, 2.75) is 0 Å². The van der Waals surface area contributed by atoms with Gasteiger partial charge < -0.3 is 4.42 Å². The molecule has 0 saturated heterocycles. The Balaban J connectivity index is 1.75. The van der Waals surface area contributed by atoms with E-state index in [-0.39, 0.29) is 17.3 Å². The molecule has 1 aromatic carbocycles. The Morgan fingerprint density at radius 2 is 2.14 bits per heavy atom. The summed E-state index contributed by atoms with van der Waals surface area (Å²) >= 11 is 0. The molecule has 21 heavy (non-hydrogen) atoms. The van der Waals surface area contributed by atoms with Crippen LogP contribution in [0.5, 0.6) is 0 Å². The number of hydrazone groups is 1. The Bertz CT molecular complexity index is 768. The lowest BCUT2D eigenvalue weighted by atomic mass is 10.1. The molecule has 0 atom stereocenters. The minimum atomic E-state index is -0.697. The zero-order valence-corrected chi connectivity index (χ0v) is 10.4. The number of furan rings is 1. The third kappa shape index (κ3) is 2.91. The van der Waals surface area contributed by atoms with Gasteiger partial charge in [0, 0.05) is 6.07 Å². The van der Waals surface area contributed by atoms with Crippen LogP contribution in [-0.2, 0) is 0 Å². The first-order valence-electron chi connectivity index (χ1n) is 5.80. The molecule has 2 heterocycles. The summed E-state index contributed by atoms with van der Waals surface area (Å²) in [7, 11) is 0. The molecule has 0 aliphatic heterocycles. The molecule has 0 saturated carbocycles. The van der Waals surface area contributed by atoms with Gasteiger partial charge in [0.15, 0.2) is 0 Å². The summed E-state index contributed by atoms with van der Waals surface area (Å²) in [5.74, 6) is -0.493. The molecule has 106 valence electrons. The Kier molecular flexibility index (Phi) is 3.37. The largest absolute Gasteiger partial charge is 0.455 e. The van der Waals surface area contributed by atoms with Crippen molar-refractivity contribution in [1.82, 2.24) is 20.6 Å². The number of nitrogens with zero attached hydrogens (tertiary/aromatic N) is 4. The van der Waals surface area contributed by atoms with Gasteiger partial charge in [-0.1, -0.05) is 5.10 Å². The van der Waals surface area contributed by atoms with Crippen LogP contribution in [0.1, 0.15) is 5.76 Å². The topological polar surface area (TPSA) is 92.0 Å². The smallest absolute Gasteiger partial charge is 0.283 e. The second-order valence-electron chi connectivity index (χ2n) is 3.93. The molecular weight excluding hydrogens is 282 g/mol. The molecule has 2 N–H and O–H groups in total. The van der Waals surface area contributed by atoms with E-state index < -0.39 is 11.6 Å². The van der Waals surface area contributed by atoms with E-state index in [1.165, 1.54) is 12.3 Å². The minimum Gasteiger partial charge on any atom is -0.455 e. The lowest BCUT2D eigenvalue weighted by Gasteiger charge is -1.98. The maximum atomic E-state index is 13.6. The molecule has 3 rings (SSSR count). The molecule has 7 nitrogen and oxygen atoms in total. The maximum absolute atomic E-state index is 13.6. The van der Waals surface area contributed by atoms with E-state index in [1.54, 1.807) is 12.1 Å². The summed E-state index contributed by atoms with van der Waals surface area (Å²) in [5.41, 5.74) is 2.68. The van der Waals surface area contributed by atoms with E-state index in [1.807, 2.05) is 0 Å². The molecule has 0 aliphatic rings. The minimum absolute atomic E-state index is 0.169. The first-order chi connectivity index (χ1) is 10.2. The van der Waals surface area contributed by atoms with E-state index >= 15 is 0 Å². The molecule has 9 heteroatoms. The van der Waals surface area contributed by atoms with Crippen LogP contribution in [-0.4, -0.2) is 26.8 Å². The van der Waals surface area contributed by atoms with Crippen LogP contribution in [0, 0.1) is 11.6 Å². The highest BCUT2D eigenvalue weighted by atomic mass is 19.1. The van der Waals surface area contributed by atoms with Gasteiger partial charge in [-0.2, -0.15) is 10.3 Å². The average molecular weight is 290 g/mol. The summed E-state index contributed by atoms with van der Waals surface area (Å²) in [6.07, 6.45) is 1.36. The Labute approximate surface area is 116 Å². The number of H-pyrrole nitrogens is 1. The van der Waals surface area contributed by atoms with Gasteiger partial charge in [-0.05, 0) is 29.5 Å². The highest BCUT2D eigenvalue weighted by Crippen LogP contribution is 2.25. The van der Waals surface area contributed by atoms with E-state index in [9.17, 15) is 8.78 Å². The van der Waals surface area contributed by atoms with Crippen molar-refractivity contribution in [2.24, 2.45) is 5.10 Å². The molecule has 0 unspecified atom stereocenters. The molecule has 0 spiro atoms. The summed E-state index contributed by atoms with van der Waals surface area (Å²) in [5, 5.41) is 16.7. The van der Waals surface area contributed by atoms with Gasteiger partial charge in [0.1, 0.15) is 23.2 Å². The van der Waals surface area contributed by atoms with Gasteiger partial charge in [-0.3, -0.25) is 0 Å². The molecule has 3 aromatic rings. The molecule has 0 aliphatic carbocycles. The molecule has 0 radical (unpaired) electrons. The first kappa shape index (κ1) is 12.9. The van der Waals surface area contributed by atoms with Crippen LogP contribution in [0.15, 0.2) is 39.9 Å². The second kappa shape index (κ2) is 5.49. The van der Waals surface area contributed by atoms with Crippen molar-refractivity contribution in [3.63, 3.8) is 0 Å². The third-order valence-electron chi connectivity index (χ3n) is 2.53. The number of nitrogens with one attached hydrogen (secondary N) is 2. The van der Waals surface area contributed by atoms with Gasteiger partial charge in [0.2, 0.25) is 0 Å². The number of hydrogen-bond acceptors (Lipinski definition) is 6. The fraction of sp³-hybridized carbons (Fsp3) is 0. The number of benzene rings is 1. The summed E-state index contributed by atoms with van der Waals surface area (Å²) in [6.45, 7) is 0. The predicted octanol–water partition coefficient (Wildman–Crippen LogP) is 2.18. The lowest BCUT2D eigenvalue weighted by molar-refractivity contribution is 0.556. The van der Waals surface area contributed by atoms with Crippen molar-refractivity contribution < 1.29 is 13.2 Å². The fourth-order valence-electron chi connectivity index (χ4n) is 1.62. The van der Waals surface area contributed by atoms with Crippen molar-refractivity contribution >= 4 is 12.2 Å². The normalized spacial score (nSPS) is 11.1. The number of aromatic nitrogens is 4. The number of aromatic amines is 1. The number of halogens is 2. The summed E-state index contributed by atoms with van der Waals surface area (Å²) in [6, 6.07) is 6.42. The van der Waals surface area contributed by atoms with Crippen molar-refractivity contribution in [2.75, 3.05) is 5.43 Å². The molecule has 0 bridgehead atoms. The molecular formula is C12H8F2N6O. The lowest BCUT2D eigenvalue weighted by Crippen LogP contribution is -1.91. The Morgan fingerprint density at radius 3 is 2.90 bits per heavy atom. The SMILES string of the molecule is Fc1ccc(-c2ccc(/C=N\Nc3nn[nH]n3)o2)c(F)c1. The number of tetrazole rings is 1. The Hall–Kier alpha value is -3.10. The van der Waals surface area contributed by atoms with E-state index in [4.69, 9.17) is 4.42 Å². The van der Waals surface area contributed by atoms with Crippen LogP contribution >= 0.6 is 0 Å². The Morgan fingerprint density at radius 1 is 1.24 bits per heavy atom. The van der Waals surface area contributed by atoms with Crippen LogP contribution in [0.2, 0.25) is 0 Å². The third-order valence-corrected chi connectivity index (χ3v) is 2.53. The molecule has 0 fully saturated rings. The molecule has 0 amide bonds. The average Bonchev–Trinajstić information content (AvgIpc) is 3.10. The highest BCUT2D eigenvalue weighted by Gasteiger charge is 2.10.